The molecule has 60 heavy (non-hydrogen) atoms. The second-order valence-corrected chi connectivity index (χ2v) is 14.5. The molecular formula is C40H40N4O16. The van der Waals surface area contributed by atoms with Crippen LogP contribution in [0.1, 0.15) is 77.0 Å². The van der Waals surface area contributed by atoms with Crippen LogP contribution in [-0.4, -0.2) is 106 Å². The molecule has 0 aromatic heterocycles. The Bertz CT molecular complexity index is 2300. The quantitative estimate of drug-likeness (QED) is 0.0846. The Kier molecular flexibility index (Phi) is 13.6. The fraction of sp³-hybridized carbons (Fsp3) is 0.375. The van der Waals surface area contributed by atoms with Gasteiger partial charge < -0.3 is 46.2 Å². The van der Waals surface area contributed by atoms with Crippen molar-refractivity contribution in [2.75, 3.05) is 0 Å². The van der Waals surface area contributed by atoms with Crippen molar-refractivity contribution in [2.24, 2.45) is 32.7 Å². The van der Waals surface area contributed by atoms with Gasteiger partial charge in [-0.1, -0.05) is 0 Å². The molecule has 0 spiro atoms. The van der Waals surface area contributed by atoms with E-state index < -0.39 is 117 Å². The van der Waals surface area contributed by atoms with Crippen LogP contribution in [0.2, 0.25) is 0 Å². The predicted molar refractivity (Wildman–Crippen MR) is 206 cm³/mol. The summed E-state index contributed by atoms with van der Waals surface area (Å²) in [5.41, 5.74) is 0.988. The number of nitrogens with one attached hydrogen (secondary N) is 1. The lowest BCUT2D eigenvalue weighted by Gasteiger charge is -2.19. The summed E-state index contributed by atoms with van der Waals surface area (Å²) < 4.78 is 0. The van der Waals surface area contributed by atoms with Crippen molar-refractivity contribution in [3.63, 3.8) is 0 Å². The summed E-state index contributed by atoms with van der Waals surface area (Å²) >= 11 is 0. The molecule has 0 aromatic carbocycles. The second-order valence-electron chi connectivity index (χ2n) is 14.5. The van der Waals surface area contributed by atoms with Gasteiger partial charge in [-0.15, -0.1) is 0 Å². The molecule has 316 valence electrons. The van der Waals surface area contributed by atoms with Crippen LogP contribution in [0, 0.1) is 17.8 Å². The van der Waals surface area contributed by atoms with Crippen molar-refractivity contribution in [3.8, 4) is 0 Å². The van der Waals surface area contributed by atoms with Crippen LogP contribution in [-0.2, 0) is 38.4 Å². The third-order valence-corrected chi connectivity index (χ3v) is 10.4. The highest BCUT2D eigenvalue weighted by atomic mass is 16.4. The van der Waals surface area contributed by atoms with E-state index in [1.54, 1.807) is 0 Å². The first kappa shape index (κ1) is 43.9. The summed E-state index contributed by atoms with van der Waals surface area (Å²) in [5.74, 6) is -13.1. The molecule has 0 saturated heterocycles. The lowest BCUT2D eigenvalue weighted by molar-refractivity contribution is -0.139. The lowest BCUT2D eigenvalue weighted by atomic mass is 9.82. The molecule has 5 heterocycles. The number of hydrogen-bond acceptors (Lipinski definition) is 12. The maximum atomic E-state index is 12.3. The molecule has 5 aliphatic heterocycles. The Morgan fingerprint density at radius 1 is 0.500 bits per heavy atom. The molecule has 0 amide bonds. The average molecular weight is 833 g/mol. The summed E-state index contributed by atoms with van der Waals surface area (Å²) in [7, 11) is 0. The van der Waals surface area contributed by atoms with E-state index in [1.807, 2.05) is 0 Å². The summed E-state index contributed by atoms with van der Waals surface area (Å²) in [4.78, 5) is 111. The maximum absolute atomic E-state index is 12.3. The van der Waals surface area contributed by atoms with Crippen LogP contribution in [0.15, 0.2) is 95.6 Å². The minimum atomic E-state index is -1.34. The Morgan fingerprint density at radius 2 is 1.00 bits per heavy atom. The highest BCUT2D eigenvalue weighted by Crippen LogP contribution is 2.43. The fourth-order valence-corrected chi connectivity index (χ4v) is 7.92. The number of hydrogen-bond donors (Lipinski definition) is 9. The van der Waals surface area contributed by atoms with Crippen LogP contribution < -0.4 is 5.32 Å². The number of nitrogens with zero attached hydrogens (tertiary/aromatic N) is 3. The van der Waals surface area contributed by atoms with E-state index in [2.05, 4.69) is 10.3 Å². The molecule has 5 rings (SSSR count). The van der Waals surface area contributed by atoms with E-state index in [9.17, 15) is 79.2 Å². The number of rotatable bonds is 20. The third kappa shape index (κ3) is 10.6. The minimum Gasteiger partial charge on any atom is -0.481 e. The first-order valence-electron chi connectivity index (χ1n) is 18.6. The van der Waals surface area contributed by atoms with Crippen LogP contribution in [0.4, 0.5) is 0 Å². The topological polar surface area (TPSA) is 348 Å². The Hall–Kier alpha value is -7.25. The number of aliphatic imine (C=N–C) groups is 3. The molecule has 8 bridgehead atoms. The summed E-state index contributed by atoms with van der Waals surface area (Å²) in [6, 6.07) is 0. The Morgan fingerprint density at radius 3 is 1.50 bits per heavy atom. The van der Waals surface area contributed by atoms with Crippen molar-refractivity contribution in [1.82, 2.24) is 5.32 Å². The van der Waals surface area contributed by atoms with Crippen LogP contribution in [0.25, 0.3) is 0 Å². The first-order valence-corrected chi connectivity index (χ1v) is 18.6. The van der Waals surface area contributed by atoms with Gasteiger partial charge >= 0.3 is 47.8 Å². The molecule has 0 aromatic rings. The second kappa shape index (κ2) is 18.6. The van der Waals surface area contributed by atoms with E-state index in [0.29, 0.717) is 0 Å². The van der Waals surface area contributed by atoms with Gasteiger partial charge in [0, 0.05) is 66.2 Å². The van der Waals surface area contributed by atoms with Crippen LogP contribution in [0.3, 0.4) is 0 Å². The SMILES string of the molecule is O=C(O)CCC1=C(CC(=O)O)C2=NC1=CC1=NC(=CC3=NC(=CC4=C(CC(=O)O)C(CCC(=O)O)C(=C2)N4)C(CCC(=O)O)=C3CC(=O)O)C(CC(=O)O)C1CCC(=O)O. The van der Waals surface area contributed by atoms with Crippen LogP contribution >= 0.6 is 0 Å². The zero-order valence-corrected chi connectivity index (χ0v) is 31.7. The van der Waals surface area contributed by atoms with E-state index >= 15 is 0 Å². The van der Waals surface area contributed by atoms with Gasteiger partial charge in [-0.05, 0) is 77.9 Å². The Balaban J connectivity index is 1.91. The molecular weight excluding hydrogens is 792 g/mol. The van der Waals surface area contributed by atoms with Gasteiger partial charge in [0.15, 0.2) is 0 Å². The molecule has 9 N–H and O–H groups in total. The highest BCUT2D eigenvalue weighted by Gasteiger charge is 2.39. The van der Waals surface area contributed by atoms with E-state index in [1.165, 1.54) is 24.3 Å². The zero-order valence-electron chi connectivity index (χ0n) is 31.7. The number of fused-ring (bicyclic) bond motifs is 5. The molecule has 0 aliphatic carbocycles. The number of aliphatic carboxylic acids is 8. The number of carbonyl (C=O) groups is 8. The Labute approximate surface area is 339 Å². The lowest BCUT2D eigenvalue weighted by Crippen LogP contribution is -2.22. The van der Waals surface area contributed by atoms with Gasteiger partial charge in [0.25, 0.3) is 0 Å². The first-order chi connectivity index (χ1) is 28.3. The molecule has 5 aliphatic rings. The smallest absolute Gasteiger partial charge is 0.307 e. The van der Waals surface area contributed by atoms with E-state index in [-0.39, 0.29) is 99.2 Å². The van der Waals surface area contributed by atoms with Crippen molar-refractivity contribution in [1.29, 1.82) is 0 Å². The van der Waals surface area contributed by atoms with Gasteiger partial charge in [-0.25, -0.2) is 9.98 Å². The number of allylic oxidation sites excluding steroid dienone is 8. The van der Waals surface area contributed by atoms with Gasteiger partial charge in [-0.3, -0.25) is 43.3 Å². The fourth-order valence-electron chi connectivity index (χ4n) is 7.92. The van der Waals surface area contributed by atoms with Crippen molar-refractivity contribution >= 4 is 64.9 Å². The third-order valence-electron chi connectivity index (χ3n) is 10.4. The monoisotopic (exact) mass is 832 g/mol. The summed E-state index contributed by atoms with van der Waals surface area (Å²) in [6.45, 7) is 0. The number of carboxylic acid groups (broad SMARTS) is 8. The van der Waals surface area contributed by atoms with Crippen molar-refractivity contribution < 1.29 is 79.2 Å². The maximum Gasteiger partial charge on any atom is 0.307 e. The summed E-state index contributed by atoms with van der Waals surface area (Å²) in [6.07, 6.45) is 0.172. The molecule has 0 saturated carbocycles. The zero-order chi connectivity index (χ0) is 44.0. The van der Waals surface area contributed by atoms with E-state index in [4.69, 9.17) is 9.98 Å². The largest absolute Gasteiger partial charge is 0.481 e. The standard InChI is InChI=1S/C40H40N4O16/c45-33(46)5-1-17-21(9-37(53)54)29-14-27-19(3-7-35(49)50)22(10-38(55)56)30(43-27)15-28-20(4-8-36(51)52)24(12-40(59)60)32(44-28)16-31-23(11-39(57)58)18(2-6-34(47)48)26(42-31)13-25(17)41-29/h13-16,18-19,23,43H,1-12H2,(H,45,46)(H,47,48)(H,49,50)(H,51,52)(H,53,54)(H,55,56)(H,57,58)(H,59,60). The molecule has 0 fully saturated rings. The summed E-state index contributed by atoms with van der Waals surface area (Å²) in [5, 5.41) is 81.8. The van der Waals surface area contributed by atoms with Crippen LogP contribution in [0.5, 0.6) is 0 Å². The van der Waals surface area contributed by atoms with Gasteiger partial charge in [0.05, 0.1) is 48.5 Å². The van der Waals surface area contributed by atoms with Gasteiger partial charge in [0.2, 0.25) is 0 Å². The number of carboxylic acids is 8. The molecule has 3 atom stereocenters. The minimum absolute atomic E-state index is 0.00645. The average Bonchev–Trinajstić information content (AvgIpc) is 3.81. The molecule has 20 heteroatoms. The van der Waals surface area contributed by atoms with Gasteiger partial charge in [-0.2, -0.15) is 0 Å². The van der Waals surface area contributed by atoms with E-state index in [0.717, 1.165) is 0 Å². The molecule has 20 nitrogen and oxygen atoms in total. The van der Waals surface area contributed by atoms with Crippen molar-refractivity contribution in [3.05, 3.63) is 80.7 Å². The highest BCUT2D eigenvalue weighted by molar-refractivity contribution is 6.17. The van der Waals surface area contributed by atoms with Crippen molar-refractivity contribution in [2.45, 2.75) is 77.0 Å². The normalized spacial score (nSPS) is 20.7. The predicted octanol–water partition coefficient (Wildman–Crippen LogP) is 3.56. The van der Waals surface area contributed by atoms with Gasteiger partial charge in [0.1, 0.15) is 0 Å². The molecule has 3 unspecified atom stereocenters. The molecule has 0 radical (unpaired) electrons.